The largest absolute Gasteiger partial charge is 0.456 e. The number of nitriles is 1. The van der Waals surface area contributed by atoms with E-state index in [2.05, 4.69) is 4.74 Å². The Hall–Kier alpha value is -2.84. The van der Waals surface area contributed by atoms with E-state index in [-0.39, 0.29) is 5.70 Å². The molecule has 25 heavy (non-hydrogen) atoms. The van der Waals surface area contributed by atoms with Crippen LogP contribution in [0.1, 0.15) is 6.92 Å². The molecule has 0 aliphatic carbocycles. The first-order valence-corrected chi connectivity index (χ1v) is 8.07. The third kappa shape index (κ3) is 5.33. The van der Waals surface area contributed by atoms with Crippen molar-refractivity contribution in [3.8, 4) is 6.07 Å². The molecule has 0 aromatic heterocycles. The van der Waals surface area contributed by atoms with Gasteiger partial charge < -0.3 is 10.5 Å². The van der Waals surface area contributed by atoms with Crippen LogP contribution in [-0.2, 0) is 24.3 Å². The summed E-state index contributed by atoms with van der Waals surface area (Å²) in [6.45, 7) is -0.516. The minimum atomic E-state index is -4.66. The van der Waals surface area contributed by atoms with Gasteiger partial charge in [-0.15, -0.1) is 0 Å². The zero-order valence-corrected chi connectivity index (χ0v) is 13.7. The number of carbonyl (C=O) groups is 2. The van der Waals surface area contributed by atoms with E-state index in [1.54, 1.807) is 4.72 Å². The number of carbonyl (C=O) groups excluding carboxylic acids is 2. The molecule has 0 heterocycles. The molecule has 8 nitrogen and oxygen atoms in total. The molecule has 11 heteroatoms. The molecule has 3 N–H and O–H groups in total. The van der Waals surface area contributed by atoms with Gasteiger partial charge in [-0.25, -0.2) is 17.2 Å². The third-order valence-electron chi connectivity index (χ3n) is 2.74. The molecule has 0 spiro atoms. The van der Waals surface area contributed by atoms with Crippen molar-refractivity contribution in [3.63, 3.8) is 0 Å². The number of ether oxygens (including phenoxy) is 1. The number of hydrogen-bond acceptors (Lipinski definition) is 7. The monoisotopic (exact) mass is 373 g/mol. The lowest BCUT2D eigenvalue weighted by Crippen LogP contribution is -2.32. The predicted molar refractivity (Wildman–Crippen MR) is 80.0 cm³/mol. The second-order valence-corrected chi connectivity index (χ2v) is 6.33. The van der Waals surface area contributed by atoms with Gasteiger partial charge in [-0.1, -0.05) is 6.07 Å². The molecule has 0 bridgehead atoms. The van der Waals surface area contributed by atoms with E-state index in [1.165, 1.54) is 13.0 Å². The summed E-state index contributed by atoms with van der Waals surface area (Å²) in [5.41, 5.74) is 4.82. The molecule has 1 aromatic carbocycles. The summed E-state index contributed by atoms with van der Waals surface area (Å²) in [7, 11) is -4.66. The summed E-state index contributed by atoms with van der Waals surface area (Å²) in [5, 5.41) is 8.71. The van der Waals surface area contributed by atoms with Crippen LogP contribution in [-0.4, -0.2) is 33.3 Å². The van der Waals surface area contributed by atoms with E-state index in [9.17, 15) is 26.8 Å². The van der Waals surface area contributed by atoms with E-state index in [1.807, 2.05) is 0 Å². The number of Topliss-reactive ketones (excluding diaryl/α,β-unsaturated/α-hetero) is 1. The van der Waals surface area contributed by atoms with E-state index in [0.29, 0.717) is 0 Å². The fraction of sp³-hybridized carbons (Fsp3) is 0.214. The normalized spacial score (nSPS) is 12.1. The van der Waals surface area contributed by atoms with Gasteiger partial charge in [-0.2, -0.15) is 9.98 Å². The van der Waals surface area contributed by atoms with Crippen molar-refractivity contribution in [2.45, 2.75) is 11.8 Å². The highest BCUT2D eigenvalue weighted by Gasteiger charge is 2.24. The van der Waals surface area contributed by atoms with Gasteiger partial charge in [0.05, 0.1) is 0 Å². The molecule has 1 rings (SSSR count). The molecule has 1 aromatic rings. The van der Waals surface area contributed by atoms with E-state index in [4.69, 9.17) is 11.0 Å². The summed E-state index contributed by atoms with van der Waals surface area (Å²) in [6, 6.07) is 3.98. The number of benzene rings is 1. The average molecular weight is 373 g/mol. The van der Waals surface area contributed by atoms with Crippen molar-refractivity contribution in [1.29, 1.82) is 5.26 Å². The van der Waals surface area contributed by atoms with Crippen molar-refractivity contribution in [2.75, 3.05) is 13.2 Å². The Balaban J connectivity index is 2.70. The predicted octanol–water partition coefficient (Wildman–Crippen LogP) is 0.112. The van der Waals surface area contributed by atoms with Crippen LogP contribution >= 0.6 is 0 Å². The highest BCUT2D eigenvalue weighted by Crippen LogP contribution is 2.17. The number of nitrogens with two attached hydrogens (primary N) is 1. The lowest BCUT2D eigenvalue weighted by Gasteiger charge is -2.08. The average Bonchev–Trinajstić information content (AvgIpc) is 2.51. The molecule has 0 atom stereocenters. The topological polar surface area (TPSA) is 139 Å². The molecule has 0 aliphatic rings. The van der Waals surface area contributed by atoms with Crippen molar-refractivity contribution >= 4 is 21.8 Å². The number of halogens is 2. The van der Waals surface area contributed by atoms with E-state index >= 15 is 0 Å². The van der Waals surface area contributed by atoms with Crippen LogP contribution in [0.4, 0.5) is 8.78 Å². The standard InChI is InChI=1S/C14H13F2N3O5S/c1-8(18)9(5-17)12(20)7-24-13(21)6-19-25(22,23)14-10(15)3-2-4-11(14)16/h2-4,19H,6-7,18H2,1H3/b9-8+. The Morgan fingerprint density at radius 1 is 1.32 bits per heavy atom. The molecule has 134 valence electrons. The van der Waals surface area contributed by atoms with Gasteiger partial charge in [0.1, 0.15) is 29.8 Å². The van der Waals surface area contributed by atoms with Gasteiger partial charge in [0, 0.05) is 5.70 Å². The first-order valence-electron chi connectivity index (χ1n) is 6.59. The molecular formula is C14H13F2N3O5S. The van der Waals surface area contributed by atoms with Crippen LogP contribution in [0.2, 0.25) is 0 Å². The molecule has 0 saturated heterocycles. The Morgan fingerprint density at radius 3 is 2.36 bits per heavy atom. The maximum atomic E-state index is 13.5. The number of sulfonamides is 1. The summed E-state index contributed by atoms with van der Waals surface area (Å²) >= 11 is 0. The molecule has 0 amide bonds. The first kappa shape index (κ1) is 20.2. The summed E-state index contributed by atoms with van der Waals surface area (Å²) in [6.07, 6.45) is 0. The van der Waals surface area contributed by atoms with Crippen LogP contribution < -0.4 is 10.5 Å². The maximum Gasteiger partial charge on any atom is 0.321 e. The molecule has 0 radical (unpaired) electrons. The van der Waals surface area contributed by atoms with Crippen LogP contribution in [0, 0.1) is 23.0 Å². The Kier molecular flexibility index (Phi) is 6.72. The highest BCUT2D eigenvalue weighted by molar-refractivity contribution is 7.89. The first-order chi connectivity index (χ1) is 11.6. The number of esters is 1. The minimum Gasteiger partial charge on any atom is -0.456 e. The van der Waals surface area contributed by atoms with Crippen LogP contribution in [0.15, 0.2) is 34.4 Å². The fourth-order valence-electron chi connectivity index (χ4n) is 1.61. The van der Waals surface area contributed by atoms with Crippen molar-refractivity contribution < 1.29 is 31.5 Å². The second-order valence-electron chi connectivity index (χ2n) is 4.63. The molecule has 0 saturated carbocycles. The zero-order valence-electron chi connectivity index (χ0n) is 12.9. The minimum absolute atomic E-state index is 0.0701. The Morgan fingerprint density at radius 2 is 1.88 bits per heavy atom. The van der Waals surface area contributed by atoms with Crippen LogP contribution in [0.3, 0.4) is 0 Å². The number of rotatable bonds is 7. The Labute approximate surface area is 141 Å². The molecule has 0 unspecified atom stereocenters. The van der Waals surface area contributed by atoms with Crippen LogP contribution in [0.25, 0.3) is 0 Å². The van der Waals surface area contributed by atoms with Gasteiger partial charge >= 0.3 is 5.97 Å². The number of hydrogen-bond donors (Lipinski definition) is 2. The fourth-order valence-corrected chi connectivity index (χ4v) is 2.71. The number of nitrogens with zero attached hydrogens (tertiary/aromatic N) is 1. The van der Waals surface area contributed by atoms with Gasteiger partial charge in [0.2, 0.25) is 15.8 Å². The van der Waals surface area contributed by atoms with E-state index < -0.39 is 57.0 Å². The number of allylic oxidation sites excluding steroid dienone is 1. The maximum absolute atomic E-state index is 13.5. The smallest absolute Gasteiger partial charge is 0.321 e. The summed E-state index contributed by atoms with van der Waals surface area (Å²) < 4.78 is 56.7. The van der Waals surface area contributed by atoms with Gasteiger partial charge in [0.25, 0.3) is 0 Å². The van der Waals surface area contributed by atoms with E-state index in [0.717, 1.165) is 18.2 Å². The number of ketones is 1. The Bertz CT molecular complexity index is 851. The molecule has 0 aliphatic heterocycles. The van der Waals surface area contributed by atoms with Crippen molar-refractivity contribution in [1.82, 2.24) is 4.72 Å². The van der Waals surface area contributed by atoms with Gasteiger partial charge in [-0.05, 0) is 19.1 Å². The lowest BCUT2D eigenvalue weighted by atomic mass is 10.1. The summed E-state index contributed by atoms with van der Waals surface area (Å²) in [4.78, 5) is 21.8. The van der Waals surface area contributed by atoms with Gasteiger partial charge in [0.15, 0.2) is 11.5 Å². The van der Waals surface area contributed by atoms with Crippen LogP contribution in [0.5, 0.6) is 0 Å². The quantitative estimate of drug-likeness (QED) is 0.393. The summed E-state index contributed by atoms with van der Waals surface area (Å²) in [5.74, 6) is -4.74. The SMILES string of the molecule is C/C(N)=C(/C#N)C(=O)COC(=O)CNS(=O)(=O)c1c(F)cccc1F. The van der Waals surface area contributed by atoms with Gasteiger partial charge in [-0.3, -0.25) is 9.59 Å². The van der Waals surface area contributed by atoms with Crippen molar-refractivity contribution in [3.05, 3.63) is 41.1 Å². The van der Waals surface area contributed by atoms with Crippen molar-refractivity contribution in [2.24, 2.45) is 5.73 Å². The molecule has 0 fully saturated rings. The third-order valence-corrected chi connectivity index (χ3v) is 4.20. The highest BCUT2D eigenvalue weighted by atomic mass is 32.2. The number of nitrogens with one attached hydrogen (secondary N) is 1. The molecular weight excluding hydrogens is 360 g/mol. The second kappa shape index (κ2) is 8.32. The zero-order chi connectivity index (χ0) is 19.2. The lowest BCUT2D eigenvalue weighted by molar-refractivity contribution is -0.145.